The third-order valence-corrected chi connectivity index (χ3v) is 7.36. The molecule has 0 aromatic carbocycles. The highest BCUT2D eigenvalue weighted by Crippen LogP contribution is 2.51. The highest BCUT2D eigenvalue weighted by Gasteiger charge is 2.43. The Morgan fingerprint density at radius 3 is 2.67 bits per heavy atom. The number of pyridine rings is 1. The first-order chi connectivity index (χ1) is 13.2. The number of nitrogens with zero attached hydrogens (tertiary/aromatic N) is 1. The molecule has 0 spiro atoms. The van der Waals surface area contributed by atoms with Gasteiger partial charge in [-0.3, -0.25) is 0 Å². The summed E-state index contributed by atoms with van der Waals surface area (Å²) in [4.78, 5) is 17.2. The van der Waals surface area contributed by atoms with Crippen LogP contribution < -0.4 is 16.0 Å². The van der Waals surface area contributed by atoms with Crippen LogP contribution in [-0.2, 0) is 12.8 Å². The van der Waals surface area contributed by atoms with Gasteiger partial charge < -0.3 is 16.0 Å². The highest BCUT2D eigenvalue weighted by molar-refractivity contribution is 5.74. The number of nitrogens with one attached hydrogen (secondary N) is 3. The Hall–Kier alpha value is -1.78. The molecule has 6 rings (SSSR count). The second-order valence-corrected chi connectivity index (χ2v) is 9.37. The number of rotatable bonds is 4. The zero-order valence-corrected chi connectivity index (χ0v) is 16.2. The summed E-state index contributed by atoms with van der Waals surface area (Å²) < 4.78 is 0. The summed E-state index contributed by atoms with van der Waals surface area (Å²) in [6.45, 7) is 1.65. The van der Waals surface area contributed by atoms with Crippen LogP contribution in [0.1, 0.15) is 56.2 Å². The molecule has 5 aliphatic rings. The van der Waals surface area contributed by atoms with E-state index in [4.69, 9.17) is 4.98 Å². The molecule has 0 radical (unpaired) electrons. The van der Waals surface area contributed by atoms with E-state index in [-0.39, 0.29) is 6.03 Å². The normalized spacial score (nSPS) is 33.7. The third-order valence-electron chi connectivity index (χ3n) is 7.36. The predicted molar refractivity (Wildman–Crippen MR) is 107 cm³/mol. The third kappa shape index (κ3) is 3.78. The van der Waals surface area contributed by atoms with Crippen molar-refractivity contribution in [2.75, 3.05) is 18.4 Å². The highest BCUT2D eigenvalue weighted by atomic mass is 16.2. The minimum absolute atomic E-state index is 0.0114. The van der Waals surface area contributed by atoms with Gasteiger partial charge in [0.15, 0.2) is 0 Å². The van der Waals surface area contributed by atoms with Crippen LogP contribution in [0.15, 0.2) is 12.1 Å². The van der Waals surface area contributed by atoms with E-state index in [9.17, 15) is 4.79 Å². The molecule has 2 amide bonds. The lowest BCUT2D eigenvalue weighted by atomic mass is 9.67. The van der Waals surface area contributed by atoms with E-state index in [0.29, 0.717) is 18.5 Å². The van der Waals surface area contributed by atoms with Crippen LogP contribution >= 0.6 is 0 Å². The van der Waals surface area contributed by atoms with Crippen LogP contribution in [-0.4, -0.2) is 30.1 Å². The Morgan fingerprint density at radius 1 is 1.07 bits per heavy atom. The molecule has 5 heteroatoms. The van der Waals surface area contributed by atoms with Gasteiger partial charge in [-0.25, -0.2) is 9.78 Å². The van der Waals surface area contributed by atoms with E-state index < -0.39 is 0 Å². The quantitative estimate of drug-likeness (QED) is 0.762. The molecular weight excluding hydrogens is 336 g/mol. The zero-order valence-electron chi connectivity index (χ0n) is 16.2. The van der Waals surface area contributed by atoms with Crippen molar-refractivity contribution in [2.24, 2.45) is 23.7 Å². The van der Waals surface area contributed by atoms with Gasteiger partial charge in [-0.15, -0.1) is 0 Å². The number of fused-ring (bicyclic) bond motifs is 2. The average Bonchev–Trinajstić information content (AvgIpc) is 2.84. The summed E-state index contributed by atoms with van der Waals surface area (Å²) in [5.74, 6) is 4.46. The molecule has 4 saturated carbocycles. The van der Waals surface area contributed by atoms with Crippen LogP contribution in [0.2, 0.25) is 0 Å². The SMILES string of the molecule is O=C(NCCc1ccc2c(n1)NCCC2)NC1CC2CC3CC(C2)CC1C3. The van der Waals surface area contributed by atoms with Crippen molar-refractivity contribution in [2.45, 2.75) is 63.8 Å². The Labute approximate surface area is 162 Å². The Bertz CT molecular complexity index is 692. The Kier molecular flexibility index (Phi) is 4.70. The summed E-state index contributed by atoms with van der Waals surface area (Å²) in [6, 6.07) is 4.68. The number of hydrogen-bond donors (Lipinski definition) is 3. The lowest BCUT2D eigenvalue weighted by Gasteiger charge is -2.38. The summed E-state index contributed by atoms with van der Waals surface area (Å²) in [5, 5.41) is 9.78. The largest absolute Gasteiger partial charge is 0.370 e. The molecule has 1 aromatic rings. The molecule has 27 heavy (non-hydrogen) atoms. The number of carbonyl (C=O) groups excluding carboxylic acids is 1. The fourth-order valence-corrected chi connectivity index (χ4v) is 6.32. The van der Waals surface area contributed by atoms with E-state index in [0.717, 1.165) is 48.7 Å². The number of amides is 2. The number of aryl methyl sites for hydroxylation is 1. The summed E-state index contributed by atoms with van der Waals surface area (Å²) in [6.07, 6.45) is 11.2. The average molecular weight is 369 g/mol. The fraction of sp³-hybridized carbons (Fsp3) is 0.727. The van der Waals surface area contributed by atoms with Crippen LogP contribution in [0.5, 0.6) is 0 Å². The molecule has 4 bridgehead atoms. The van der Waals surface area contributed by atoms with E-state index in [1.165, 1.54) is 50.5 Å². The Balaban J connectivity index is 1.12. The summed E-state index contributed by atoms with van der Waals surface area (Å²) in [7, 11) is 0. The molecule has 1 aliphatic heterocycles. The maximum Gasteiger partial charge on any atom is 0.315 e. The maximum atomic E-state index is 12.5. The molecule has 5 nitrogen and oxygen atoms in total. The summed E-state index contributed by atoms with van der Waals surface area (Å²) in [5.41, 5.74) is 2.36. The monoisotopic (exact) mass is 368 g/mol. The van der Waals surface area contributed by atoms with Crippen molar-refractivity contribution < 1.29 is 4.79 Å². The van der Waals surface area contributed by atoms with Crippen LogP contribution in [0.3, 0.4) is 0 Å². The fourth-order valence-electron chi connectivity index (χ4n) is 6.32. The molecule has 3 atom stereocenters. The number of urea groups is 1. The molecule has 0 saturated heterocycles. The van der Waals surface area contributed by atoms with Crippen molar-refractivity contribution >= 4 is 11.8 Å². The van der Waals surface area contributed by atoms with Gasteiger partial charge in [0.05, 0.1) is 0 Å². The number of hydrogen-bond acceptors (Lipinski definition) is 3. The van der Waals surface area contributed by atoms with Gasteiger partial charge in [-0.2, -0.15) is 0 Å². The van der Waals surface area contributed by atoms with Crippen molar-refractivity contribution in [3.05, 3.63) is 23.4 Å². The van der Waals surface area contributed by atoms with E-state index in [2.05, 4.69) is 28.1 Å². The molecule has 4 aliphatic carbocycles. The first-order valence-corrected chi connectivity index (χ1v) is 11.0. The van der Waals surface area contributed by atoms with Crippen molar-refractivity contribution in [1.29, 1.82) is 0 Å². The van der Waals surface area contributed by atoms with Crippen molar-refractivity contribution in [3.63, 3.8) is 0 Å². The molecule has 146 valence electrons. The molecule has 1 aromatic heterocycles. The molecule has 4 fully saturated rings. The van der Waals surface area contributed by atoms with Gasteiger partial charge in [0.2, 0.25) is 0 Å². The number of anilines is 1. The molecular formula is C22H32N4O. The zero-order chi connectivity index (χ0) is 18.2. The minimum Gasteiger partial charge on any atom is -0.370 e. The molecule has 3 unspecified atom stereocenters. The van der Waals surface area contributed by atoms with Crippen LogP contribution in [0, 0.1) is 23.7 Å². The Morgan fingerprint density at radius 2 is 1.85 bits per heavy atom. The lowest BCUT2D eigenvalue weighted by Crippen LogP contribution is -2.46. The standard InChI is InChI=1S/C22H32N4O/c27-22(24-7-5-19-4-3-17-2-1-6-23-21(17)25-19)26-20-13-16-9-14-8-15(10-16)12-18(20)11-14/h3-4,14-16,18,20H,1-2,5-13H2,(H,23,25)(H2,24,26,27). The van der Waals surface area contributed by atoms with E-state index >= 15 is 0 Å². The topological polar surface area (TPSA) is 66.0 Å². The van der Waals surface area contributed by atoms with Crippen LogP contribution in [0.25, 0.3) is 0 Å². The van der Waals surface area contributed by atoms with Gasteiger partial charge in [0, 0.05) is 31.2 Å². The van der Waals surface area contributed by atoms with E-state index in [1.807, 2.05) is 0 Å². The maximum absolute atomic E-state index is 12.5. The van der Waals surface area contributed by atoms with Crippen molar-refractivity contribution in [1.82, 2.24) is 15.6 Å². The molecule has 3 N–H and O–H groups in total. The smallest absolute Gasteiger partial charge is 0.315 e. The first kappa shape index (κ1) is 17.3. The minimum atomic E-state index is 0.0114. The summed E-state index contributed by atoms with van der Waals surface area (Å²) >= 11 is 0. The second-order valence-electron chi connectivity index (χ2n) is 9.37. The van der Waals surface area contributed by atoms with Crippen LogP contribution in [0.4, 0.5) is 10.6 Å². The number of aromatic nitrogens is 1. The van der Waals surface area contributed by atoms with Crippen molar-refractivity contribution in [3.8, 4) is 0 Å². The van der Waals surface area contributed by atoms with Gasteiger partial charge in [0.1, 0.15) is 5.82 Å². The van der Waals surface area contributed by atoms with Gasteiger partial charge >= 0.3 is 6.03 Å². The first-order valence-electron chi connectivity index (χ1n) is 11.0. The second kappa shape index (κ2) is 7.33. The predicted octanol–water partition coefficient (Wildman–Crippen LogP) is 3.50. The number of carbonyl (C=O) groups is 1. The van der Waals surface area contributed by atoms with E-state index in [1.54, 1.807) is 0 Å². The van der Waals surface area contributed by atoms with Gasteiger partial charge in [0.25, 0.3) is 0 Å². The van der Waals surface area contributed by atoms with Gasteiger partial charge in [-0.05, 0) is 86.7 Å². The molecule has 2 heterocycles. The lowest BCUT2D eigenvalue weighted by molar-refractivity contribution is 0.129. The van der Waals surface area contributed by atoms with Gasteiger partial charge in [-0.1, -0.05) is 6.07 Å².